The normalized spacial score (nSPS) is 23.1. The van der Waals surface area contributed by atoms with Gasteiger partial charge in [-0.3, -0.25) is 4.90 Å². The number of nitrogens with two attached hydrogens (primary N) is 1. The zero-order chi connectivity index (χ0) is 14.1. The minimum absolute atomic E-state index is 0.312. The van der Waals surface area contributed by atoms with E-state index in [-0.39, 0.29) is 0 Å². The van der Waals surface area contributed by atoms with Gasteiger partial charge in [-0.05, 0) is 40.8 Å². The van der Waals surface area contributed by atoms with Crippen molar-refractivity contribution < 1.29 is 0 Å². The fraction of sp³-hybridized carbons (Fsp3) is 0.714. The highest BCUT2D eigenvalue weighted by Crippen LogP contribution is 2.37. The molecule has 6 heteroatoms. The van der Waals surface area contributed by atoms with E-state index in [9.17, 15) is 0 Å². The van der Waals surface area contributed by atoms with Crippen LogP contribution in [0.25, 0.3) is 0 Å². The third kappa shape index (κ3) is 3.57. The van der Waals surface area contributed by atoms with Gasteiger partial charge in [-0.15, -0.1) is 11.3 Å². The largest absolute Gasteiger partial charge is 0.329 e. The predicted octanol–water partition coefficient (Wildman–Crippen LogP) is 3.19. The lowest BCUT2D eigenvalue weighted by Gasteiger charge is -2.38. The van der Waals surface area contributed by atoms with E-state index in [0.717, 1.165) is 27.8 Å². The van der Waals surface area contributed by atoms with Crippen LogP contribution in [0.4, 0.5) is 0 Å². The van der Waals surface area contributed by atoms with Gasteiger partial charge in [-0.1, -0.05) is 11.6 Å². The second kappa shape index (κ2) is 6.63. The number of piperazine rings is 1. The molecule has 2 fully saturated rings. The Morgan fingerprint density at radius 3 is 2.55 bits per heavy atom. The Bertz CT molecular complexity index is 436. The van der Waals surface area contributed by atoms with Crippen LogP contribution in [0, 0.1) is 5.92 Å². The average Bonchev–Trinajstić information content (AvgIpc) is 3.19. The molecule has 1 aliphatic heterocycles. The third-order valence-electron chi connectivity index (χ3n) is 4.28. The van der Waals surface area contributed by atoms with Crippen LogP contribution in [-0.4, -0.2) is 49.1 Å². The quantitative estimate of drug-likeness (QED) is 0.854. The molecular weight excluding hydrogens is 358 g/mol. The highest BCUT2D eigenvalue weighted by atomic mass is 79.9. The SMILES string of the molecule is NCC(c1cc(Br)c(Cl)s1)N1CCN(CC2CC2)CC1. The van der Waals surface area contributed by atoms with E-state index >= 15 is 0 Å². The van der Waals surface area contributed by atoms with E-state index in [2.05, 4.69) is 31.8 Å². The minimum Gasteiger partial charge on any atom is -0.329 e. The first kappa shape index (κ1) is 15.3. The van der Waals surface area contributed by atoms with Crippen LogP contribution in [0.3, 0.4) is 0 Å². The van der Waals surface area contributed by atoms with Crippen molar-refractivity contribution in [3.05, 3.63) is 19.8 Å². The molecule has 20 heavy (non-hydrogen) atoms. The van der Waals surface area contributed by atoms with Gasteiger partial charge in [-0.25, -0.2) is 0 Å². The summed E-state index contributed by atoms with van der Waals surface area (Å²) in [7, 11) is 0. The third-order valence-corrected chi connectivity index (χ3v) is 6.85. The summed E-state index contributed by atoms with van der Waals surface area (Å²) >= 11 is 11.3. The number of hydrogen-bond acceptors (Lipinski definition) is 4. The minimum atomic E-state index is 0.312. The number of rotatable bonds is 5. The fourth-order valence-electron chi connectivity index (χ4n) is 2.90. The monoisotopic (exact) mass is 377 g/mol. The van der Waals surface area contributed by atoms with Crippen molar-refractivity contribution in [3.63, 3.8) is 0 Å². The topological polar surface area (TPSA) is 32.5 Å². The lowest BCUT2D eigenvalue weighted by atomic mass is 10.1. The molecule has 3 nitrogen and oxygen atoms in total. The van der Waals surface area contributed by atoms with Gasteiger partial charge in [0.05, 0.1) is 6.04 Å². The summed E-state index contributed by atoms with van der Waals surface area (Å²) in [5, 5.41) is 0. The number of halogens is 2. The van der Waals surface area contributed by atoms with Crippen LogP contribution in [0.5, 0.6) is 0 Å². The Balaban J connectivity index is 1.59. The molecule has 1 saturated heterocycles. The highest BCUT2D eigenvalue weighted by Gasteiger charge is 2.29. The van der Waals surface area contributed by atoms with Gasteiger partial charge in [0.15, 0.2) is 0 Å². The van der Waals surface area contributed by atoms with Crippen molar-refractivity contribution in [2.45, 2.75) is 18.9 Å². The molecule has 0 amide bonds. The van der Waals surface area contributed by atoms with Gasteiger partial charge in [-0.2, -0.15) is 0 Å². The molecule has 1 atom stereocenters. The lowest BCUT2D eigenvalue weighted by Crippen LogP contribution is -2.49. The van der Waals surface area contributed by atoms with E-state index in [4.69, 9.17) is 17.3 Å². The second-order valence-electron chi connectivity index (χ2n) is 5.80. The van der Waals surface area contributed by atoms with E-state index < -0.39 is 0 Å². The number of thiophene rings is 1. The molecule has 1 aliphatic carbocycles. The maximum absolute atomic E-state index is 6.16. The van der Waals surface area contributed by atoms with Gasteiger partial charge in [0.2, 0.25) is 0 Å². The molecule has 0 radical (unpaired) electrons. The van der Waals surface area contributed by atoms with Crippen LogP contribution in [-0.2, 0) is 0 Å². The van der Waals surface area contributed by atoms with Crippen LogP contribution >= 0.6 is 38.9 Å². The molecular formula is C14H21BrClN3S. The van der Waals surface area contributed by atoms with Gasteiger partial charge in [0, 0.05) is 48.6 Å². The Morgan fingerprint density at radius 1 is 1.35 bits per heavy atom. The molecule has 1 aromatic rings. The van der Waals surface area contributed by atoms with E-state index in [1.54, 1.807) is 11.3 Å². The van der Waals surface area contributed by atoms with Crippen LogP contribution in [0.15, 0.2) is 10.5 Å². The number of nitrogens with zero attached hydrogens (tertiary/aromatic N) is 2. The smallest absolute Gasteiger partial charge is 0.107 e. The van der Waals surface area contributed by atoms with Gasteiger partial charge in [0.1, 0.15) is 4.34 Å². The Kier molecular flexibility index (Phi) is 5.06. The molecule has 2 aliphatic rings. The molecule has 1 aromatic heterocycles. The lowest BCUT2D eigenvalue weighted by molar-refractivity contribution is 0.0968. The van der Waals surface area contributed by atoms with Crippen LogP contribution < -0.4 is 5.73 Å². The maximum atomic E-state index is 6.16. The van der Waals surface area contributed by atoms with Crippen molar-refractivity contribution in [1.29, 1.82) is 0 Å². The summed E-state index contributed by atoms with van der Waals surface area (Å²) in [6.07, 6.45) is 2.88. The fourth-order valence-corrected chi connectivity index (χ4v) is 4.78. The molecule has 2 heterocycles. The molecule has 0 aromatic carbocycles. The molecule has 0 spiro atoms. The van der Waals surface area contributed by atoms with Crippen molar-refractivity contribution in [1.82, 2.24) is 9.80 Å². The predicted molar refractivity (Wildman–Crippen MR) is 89.6 cm³/mol. The van der Waals surface area contributed by atoms with Crippen molar-refractivity contribution >= 4 is 38.9 Å². The Morgan fingerprint density at radius 2 is 2.05 bits per heavy atom. The molecule has 3 rings (SSSR count). The summed E-state index contributed by atoms with van der Waals surface area (Å²) in [6, 6.07) is 2.44. The van der Waals surface area contributed by atoms with Gasteiger partial charge in [0.25, 0.3) is 0 Å². The van der Waals surface area contributed by atoms with E-state index in [1.807, 2.05) is 0 Å². The van der Waals surface area contributed by atoms with Crippen molar-refractivity contribution in [2.75, 3.05) is 39.3 Å². The second-order valence-corrected chi connectivity index (χ2v) is 8.34. The highest BCUT2D eigenvalue weighted by molar-refractivity contribution is 9.10. The zero-order valence-corrected chi connectivity index (χ0v) is 14.7. The van der Waals surface area contributed by atoms with Gasteiger partial charge < -0.3 is 10.6 Å². The standard InChI is InChI=1S/C14H21BrClN3S/c15-11-7-13(20-14(11)16)12(8-17)19-5-3-18(4-6-19)9-10-1-2-10/h7,10,12H,1-6,8-9,17H2. The first-order valence-corrected chi connectivity index (χ1v) is 9.27. The van der Waals surface area contributed by atoms with Gasteiger partial charge >= 0.3 is 0 Å². The average molecular weight is 379 g/mol. The summed E-state index contributed by atoms with van der Waals surface area (Å²) in [5.74, 6) is 0.985. The summed E-state index contributed by atoms with van der Waals surface area (Å²) < 4.78 is 1.82. The molecule has 1 saturated carbocycles. The van der Waals surface area contributed by atoms with E-state index in [1.165, 1.54) is 37.4 Å². The van der Waals surface area contributed by atoms with Crippen molar-refractivity contribution in [2.24, 2.45) is 11.7 Å². The molecule has 0 bridgehead atoms. The number of hydrogen-bond donors (Lipinski definition) is 1. The summed E-state index contributed by atoms with van der Waals surface area (Å²) in [5.41, 5.74) is 6.01. The summed E-state index contributed by atoms with van der Waals surface area (Å²) in [6.45, 7) is 6.54. The van der Waals surface area contributed by atoms with Crippen molar-refractivity contribution in [3.8, 4) is 0 Å². The molecule has 2 N–H and O–H groups in total. The van der Waals surface area contributed by atoms with Crippen LogP contribution in [0.2, 0.25) is 4.34 Å². The van der Waals surface area contributed by atoms with E-state index in [0.29, 0.717) is 12.6 Å². The molecule has 1 unspecified atom stereocenters. The maximum Gasteiger partial charge on any atom is 0.107 e. The first-order valence-electron chi connectivity index (χ1n) is 7.28. The zero-order valence-electron chi connectivity index (χ0n) is 11.5. The first-order chi connectivity index (χ1) is 9.67. The molecule has 112 valence electrons. The van der Waals surface area contributed by atoms with Crippen LogP contribution in [0.1, 0.15) is 23.8 Å². The Hall–Kier alpha value is 0.350. The Labute approximate surface area is 138 Å². The summed E-state index contributed by atoms with van der Waals surface area (Å²) in [4.78, 5) is 6.40.